The first-order valence-electron chi connectivity index (χ1n) is 8.73. The van der Waals surface area contributed by atoms with Crippen molar-refractivity contribution >= 4 is 29.3 Å². The number of hydrogen-bond acceptors (Lipinski definition) is 6. The topological polar surface area (TPSA) is 72.4 Å². The molecule has 0 radical (unpaired) electrons. The van der Waals surface area contributed by atoms with Crippen LogP contribution in [-0.2, 0) is 20.7 Å². The number of likely N-dealkylation sites (N-methyl/N-ethyl adjacent to an activating group) is 1. The molecule has 1 aromatic carbocycles. The Hall–Kier alpha value is -2.41. The Morgan fingerprint density at radius 2 is 1.74 bits per heavy atom. The van der Waals surface area contributed by atoms with Crippen LogP contribution in [0.3, 0.4) is 0 Å². The highest BCUT2D eigenvalue weighted by Crippen LogP contribution is 2.18. The summed E-state index contributed by atoms with van der Waals surface area (Å²) in [5.41, 5.74) is 3.44. The second-order valence-electron chi connectivity index (χ2n) is 6.22. The third-order valence-corrected chi connectivity index (χ3v) is 4.84. The highest BCUT2D eigenvalue weighted by molar-refractivity contribution is 7.98. The smallest absolute Gasteiger partial charge is 0.306 e. The number of aryl methyl sites for hydroxylation is 2. The Bertz CT molecular complexity index is 788. The Balaban J connectivity index is 1.93. The van der Waals surface area contributed by atoms with Gasteiger partial charge in [-0.25, -0.2) is 9.97 Å². The number of rotatable bonds is 7. The van der Waals surface area contributed by atoms with E-state index in [1.807, 2.05) is 50.4 Å². The number of hydrogen-bond donors (Lipinski definition) is 0. The van der Waals surface area contributed by atoms with E-state index in [4.69, 9.17) is 4.74 Å². The number of thioether (sulfide) groups is 1. The van der Waals surface area contributed by atoms with Gasteiger partial charge >= 0.3 is 5.97 Å². The number of amides is 1. The van der Waals surface area contributed by atoms with Gasteiger partial charge in [0.1, 0.15) is 0 Å². The van der Waals surface area contributed by atoms with Crippen LogP contribution in [0.1, 0.15) is 30.3 Å². The van der Waals surface area contributed by atoms with Gasteiger partial charge in [0, 0.05) is 30.5 Å². The van der Waals surface area contributed by atoms with Crippen molar-refractivity contribution in [3.63, 3.8) is 0 Å². The summed E-state index contributed by atoms with van der Waals surface area (Å²) < 4.78 is 5.33. The molecule has 1 heterocycles. The summed E-state index contributed by atoms with van der Waals surface area (Å²) in [7, 11) is 1.67. The first-order chi connectivity index (χ1) is 12.8. The van der Waals surface area contributed by atoms with E-state index in [-0.39, 0.29) is 12.3 Å². The van der Waals surface area contributed by atoms with Crippen LogP contribution in [0.15, 0.2) is 35.5 Å². The molecule has 0 aliphatic heterocycles. The lowest BCUT2D eigenvalue weighted by molar-refractivity contribution is -0.153. The SMILES string of the molecule is CSc1nc(C)c(CCC(=O)OC(C)C(=O)N(C)c2ccccc2)c(C)n1. The molecule has 0 aliphatic rings. The van der Waals surface area contributed by atoms with E-state index in [1.165, 1.54) is 16.7 Å². The normalized spacial score (nSPS) is 11.7. The number of carbonyl (C=O) groups is 2. The molecule has 144 valence electrons. The predicted octanol–water partition coefficient (Wildman–Crippen LogP) is 3.34. The number of para-hydroxylation sites is 1. The van der Waals surface area contributed by atoms with Gasteiger partial charge in [0.15, 0.2) is 11.3 Å². The number of nitrogens with zero attached hydrogens (tertiary/aromatic N) is 3. The van der Waals surface area contributed by atoms with Crippen LogP contribution in [0.2, 0.25) is 0 Å². The van der Waals surface area contributed by atoms with Crippen LogP contribution in [0, 0.1) is 13.8 Å². The first kappa shape index (κ1) is 20.9. The number of aromatic nitrogens is 2. The molecule has 1 amide bonds. The maximum atomic E-state index is 12.5. The van der Waals surface area contributed by atoms with E-state index in [9.17, 15) is 9.59 Å². The molecule has 1 atom stereocenters. The third kappa shape index (κ3) is 5.53. The Labute approximate surface area is 164 Å². The van der Waals surface area contributed by atoms with Crippen molar-refractivity contribution in [1.29, 1.82) is 0 Å². The van der Waals surface area contributed by atoms with Crippen LogP contribution in [0.4, 0.5) is 5.69 Å². The van der Waals surface area contributed by atoms with Gasteiger partial charge in [0.2, 0.25) is 0 Å². The summed E-state index contributed by atoms with van der Waals surface area (Å²) >= 11 is 1.49. The van der Waals surface area contributed by atoms with E-state index in [2.05, 4.69) is 9.97 Å². The van der Waals surface area contributed by atoms with Gasteiger partial charge in [-0.3, -0.25) is 9.59 Å². The van der Waals surface area contributed by atoms with Crippen LogP contribution < -0.4 is 4.90 Å². The van der Waals surface area contributed by atoms with Gasteiger partial charge in [0.25, 0.3) is 5.91 Å². The molecule has 27 heavy (non-hydrogen) atoms. The molecule has 0 saturated carbocycles. The molecule has 0 aliphatic carbocycles. The molecule has 6 nitrogen and oxygen atoms in total. The van der Waals surface area contributed by atoms with Gasteiger partial charge in [-0.05, 0) is 51.1 Å². The Kier molecular flexibility index (Phi) is 7.36. The maximum Gasteiger partial charge on any atom is 0.306 e. The van der Waals surface area contributed by atoms with Crippen molar-refractivity contribution < 1.29 is 14.3 Å². The molecule has 0 spiro atoms. The zero-order chi connectivity index (χ0) is 20.0. The molecule has 0 saturated heterocycles. The van der Waals surface area contributed by atoms with Crippen molar-refractivity contribution in [2.75, 3.05) is 18.2 Å². The summed E-state index contributed by atoms with van der Waals surface area (Å²) in [5, 5.41) is 0.722. The fraction of sp³-hybridized carbons (Fsp3) is 0.400. The molecule has 0 bridgehead atoms. The molecule has 0 N–H and O–H groups in total. The summed E-state index contributed by atoms with van der Waals surface area (Å²) in [6, 6.07) is 9.24. The molecule has 7 heteroatoms. The lowest BCUT2D eigenvalue weighted by Crippen LogP contribution is -2.37. The minimum Gasteiger partial charge on any atom is -0.453 e. The average molecular weight is 388 g/mol. The lowest BCUT2D eigenvalue weighted by Gasteiger charge is -2.21. The molecule has 2 rings (SSSR count). The maximum absolute atomic E-state index is 12.5. The molecule has 1 aromatic heterocycles. The zero-order valence-corrected chi connectivity index (χ0v) is 17.2. The number of benzene rings is 1. The predicted molar refractivity (Wildman–Crippen MR) is 107 cm³/mol. The molecule has 2 aromatic rings. The van der Waals surface area contributed by atoms with Crippen molar-refractivity contribution in [2.24, 2.45) is 0 Å². The zero-order valence-electron chi connectivity index (χ0n) is 16.4. The quantitative estimate of drug-likeness (QED) is 0.412. The van der Waals surface area contributed by atoms with Gasteiger partial charge in [0.05, 0.1) is 0 Å². The number of ether oxygens (including phenoxy) is 1. The van der Waals surface area contributed by atoms with E-state index < -0.39 is 12.1 Å². The second-order valence-corrected chi connectivity index (χ2v) is 7.00. The summed E-state index contributed by atoms with van der Waals surface area (Å²) in [6.45, 7) is 5.42. The van der Waals surface area contributed by atoms with Gasteiger partial charge < -0.3 is 9.64 Å². The highest BCUT2D eigenvalue weighted by Gasteiger charge is 2.22. The fourth-order valence-electron chi connectivity index (χ4n) is 2.75. The summed E-state index contributed by atoms with van der Waals surface area (Å²) in [4.78, 5) is 35.0. The summed E-state index contributed by atoms with van der Waals surface area (Å²) in [5.74, 6) is -0.681. The van der Waals surface area contributed by atoms with E-state index >= 15 is 0 Å². The minimum atomic E-state index is -0.847. The van der Waals surface area contributed by atoms with Gasteiger partial charge in [-0.15, -0.1) is 0 Å². The number of esters is 1. The van der Waals surface area contributed by atoms with Crippen molar-refractivity contribution in [2.45, 2.75) is 44.9 Å². The standard InChI is InChI=1S/C20H25N3O3S/c1-13-17(14(2)22-20(21-13)27-5)11-12-18(24)26-15(3)19(25)23(4)16-9-7-6-8-10-16/h6-10,15H,11-12H2,1-5H3. The minimum absolute atomic E-state index is 0.177. The third-order valence-electron chi connectivity index (χ3n) is 4.29. The average Bonchev–Trinajstić information content (AvgIpc) is 2.66. The lowest BCUT2D eigenvalue weighted by atomic mass is 10.1. The Morgan fingerprint density at radius 3 is 2.30 bits per heavy atom. The molecule has 0 fully saturated rings. The van der Waals surface area contributed by atoms with Crippen LogP contribution >= 0.6 is 11.8 Å². The van der Waals surface area contributed by atoms with Crippen LogP contribution in [0.25, 0.3) is 0 Å². The van der Waals surface area contributed by atoms with Crippen molar-refractivity contribution in [3.05, 3.63) is 47.3 Å². The number of anilines is 1. The fourth-order valence-corrected chi connectivity index (χ4v) is 3.20. The monoisotopic (exact) mass is 387 g/mol. The van der Waals surface area contributed by atoms with Gasteiger partial charge in [-0.2, -0.15) is 0 Å². The molecule has 1 unspecified atom stereocenters. The summed E-state index contributed by atoms with van der Waals surface area (Å²) in [6.07, 6.45) is 1.74. The van der Waals surface area contributed by atoms with Crippen molar-refractivity contribution in [1.82, 2.24) is 9.97 Å². The molecular formula is C20H25N3O3S. The van der Waals surface area contributed by atoms with E-state index in [0.29, 0.717) is 6.42 Å². The first-order valence-corrected chi connectivity index (χ1v) is 9.96. The van der Waals surface area contributed by atoms with Crippen molar-refractivity contribution in [3.8, 4) is 0 Å². The molecular weight excluding hydrogens is 362 g/mol. The number of carbonyl (C=O) groups excluding carboxylic acids is 2. The largest absolute Gasteiger partial charge is 0.453 e. The van der Waals surface area contributed by atoms with Crippen LogP contribution in [0.5, 0.6) is 0 Å². The second kappa shape index (κ2) is 9.50. The van der Waals surface area contributed by atoms with Gasteiger partial charge in [-0.1, -0.05) is 30.0 Å². The van der Waals surface area contributed by atoms with E-state index in [0.717, 1.165) is 27.8 Å². The Morgan fingerprint density at radius 1 is 1.15 bits per heavy atom. The highest BCUT2D eigenvalue weighted by atomic mass is 32.2. The van der Waals surface area contributed by atoms with E-state index in [1.54, 1.807) is 14.0 Å². The van der Waals surface area contributed by atoms with Crippen LogP contribution in [-0.4, -0.2) is 41.3 Å².